The highest BCUT2D eigenvalue weighted by Gasteiger charge is 2.30. The number of nitrogens with zero attached hydrogens (tertiary/aromatic N) is 3. The van der Waals surface area contributed by atoms with Crippen molar-refractivity contribution in [3.63, 3.8) is 0 Å². The Labute approximate surface area is 153 Å². The number of nitrogens with one attached hydrogen (secondary N) is 1. The van der Waals surface area contributed by atoms with Crippen molar-refractivity contribution >= 4 is 35.6 Å². The van der Waals surface area contributed by atoms with E-state index in [1.807, 2.05) is 13.1 Å². The molecule has 0 amide bonds. The van der Waals surface area contributed by atoms with E-state index >= 15 is 0 Å². The van der Waals surface area contributed by atoms with E-state index in [4.69, 9.17) is 5.73 Å². The summed E-state index contributed by atoms with van der Waals surface area (Å²) in [6.45, 7) is 2.94. The zero-order valence-electron chi connectivity index (χ0n) is 12.7. The van der Waals surface area contributed by atoms with Crippen LogP contribution in [0.2, 0.25) is 0 Å². The molecule has 0 saturated heterocycles. The van der Waals surface area contributed by atoms with Gasteiger partial charge in [0.05, 0.1) is 19.3 Å². The maximum atomic E-state index is 12.0. The lowest BCUT2D eigenvalue weighted by atomic mass is 10.3. The Morgan fingerprint density at radius 2 is 2.00 bits per heavy atom. The molecule has 1 aromatic carbocycles. The van der Waals surface area contributed by atoms with Crippen LogP contribution in [0.25, 0.3) is 0 Å². The van der Waals surface area contributed by atoms with E-state index < -0.39 is 6.36 Å². The van der Waals surface area contributed by atoms with Crippen molar-refractivity contribution in [2.75, 3.05) is 11.9 Å². The minimum absolute atomic E-state index is 0. The van der Waals surface area contributed by atoms with E-state index in [2.05, 4.69) is 20.1 Å². The first kappa shape index (κ1) is 20.1. The van der Waals surface area contributed by atoms with Gasteiger partial charge in [-0.3, -0.25) is 9.67 Å². The minimum Gasteiger partial charge on any atom is -0.406 e. The molecule has 10 heteroatoms. The SMILES string of the molecule is Cc1cnn(CCN=C(N)Nc2ccc(OC(F)(F)F)cc2)c1.I. The van der Waals surface area contributed by atoms with E-state index in [9.17, 15) is 13.2 Å². The van der Waals surface area contributed by atoms with Crippen LogP contribution in [0.4, 0.5) is 18.9 Å². The van der Waals surface area contributed by atoms with Gasteiger partial charge in [-0.1, -0.05) is 0 Å². The summed E-state index contributed by atoms with van der Waals surface area (Å²) >= 11 is 0. The Morgan fingerprint density at radius 1 is 1.33 bits per heavy atom. The first-order valence-corrected chi connectivity index (χ1v) is 6.74. The minimum atomic E-state index is -4.71. The predicted octanol–water partition coefficient (Wildman–Crippen LogP) is 3.13. The van der Waals surface area contributed by atoms with Gasteiger partial charge in [-0.15, -0.1) is 37.1 Å². The number of aliphatic imine (C=N–C) groups is 1. The van der Waals surface area contributed by atoms with Crippen LogP contribution >= 0.6 is 24.0 Å². The summed E-state index contributed by atoms with van der Waals surface area (Å²) in [7, 11) is 0. The fourth-order valence-corrected chi connectivity index (χ4v) is 1.79. The number of aromatic nitrogens is 2. The molecule has 24 heavy (non-hydrogen) atoms. The molecule has 1 heterocycles. The molecule has 0 spiro atoms. The van der Waals surface area contributed by atoms with E-state index in [0.717, 1.165) is 5.56 Å². The molecule has 0 aliphatic rings. The van der Waals surface area contributed by atoms with Crippen LogP contribution in [-0.2, 0) is 6.54 Å². The van der Waals surface area contributed by atoms with Crippen molar-refractivity contribution in [3.05, 3.63) is 42.2 Å². The average molecular weight is 455 g/mol. The second-order valence-corrected chi connectivity index (χ2v) is 4.74. The normalized spacial score (nSPS) is 11.8. The molecule has 2 rings (SSSR count). The van der Waals surface area contributed by atoms with Gasteiger partial charge in [0.25, 0.3) is 0 Å². The Kier molecular flexibility index (Phi) is 7.32. The molecule has 0 saturated carbocycles. The molecule has 0 radical (unpaired) electrons. The van der Waals surface area contributed by atoms with Crippen LogP contribution in [-0.4, -0.2) is 28.6 Å². The van der Waals surface area contributed by atoms with Crippen LogP contribution < -0.4 is 15.8 Å². The molecule has 0 aliphatic heterocycles. The van der Waals surface area contributed by atoms with Crippen molar-refractivity contribution in [1.82, 2.24) is 9.78 Å². The van der Waals surface area contributed by atoms with E-state index in [1.54, 1.807) is 10.9 Å². The van der Waals surface area contributed by atoms with E-state index in [0.29, 0.717) is 18.8 Å². The largest absolute Gasteiger partial charge is 0.573 e. The lowest BCUT2D eigenvalue weighted by Crippen LogP contribution is -2.23. The molecular formula is C14H17F3IN5O. The maximum absolute atomic E-state index is 12.0. The van der Waals surface area contributed by atoms with Crippen LogP contribution in [0, 0.1) is 6.92 Å². The summed E-state index contributed by atoms with van der Waals surface area (Å²) in [5, 5.41) is 6.90. The molecule has 132 valence electrons. The van der Waals surface area contributed by atoms with Gasteiger partial charge in [0.1, 0.15) is 5.75 Å². The Bertz CT molecular complexity index is 670. The summed E-state index contributed by atoms with van der Waals surface area (Å²) in [6.07, 6.45) is -1.07. The molecule has 0 aliphatic carbocycles. The van der Waals surface area contributed by atoms with Crippen LogP contribution in [0.3, 0.4) is 0 Å². The van der Waals surface area contributed by atoms with Crippen LogP contribution in [0.1, 0.15) is 5.56 Å². The molecular weight excluding hydrogens is 438 g/mol. The molecule has 0 unspecified atom stereocenters. The van der Waals surface area contributed by atoms with Gasteiger partial charge in [0.2, 0.25) is 0 Å². The monoisotopic (exact) mass is 455 g/mol. The fraction of sp³-hybridized carbons (Fsp3) is 0.286. The second kappa shape index (κ2) is 8.76. The number of ether oxygens (including phenoxy) is 1. The highest BCUT2D eigenvalue weighted by Crippen LogP contribution is 2.23. The molecule has 3 N–H and O–H groups in total. The van der Waals surface area contributed by atoms with Gasteiger partial charge in [-0.25, -0.2) is 0 Å². The Morgan fingerprint density at radius 3 is 2.54 bits per heavy atom. The number of aryl methyl sites for hydroxylation is 1. The molecule has 6 nitrogen and oxygen atoms in total. The van der Waals surface area contributed by atoms with Gasteiger partial charge in [0.15, 0.2) is 5.96 Å². The number of hydrogen-bond donors (Lipinski definition) is 2. The van der Waals surface area contributed by atoms with Gasteiger partial charge >= 0.3 is 6.36 Å². The summed E-state index contributed by atoms with van der Waals surface area (Å²) in [4.78, 5) is 4.12. The predicted molar refractivity (Wildman–Crippen MR) is 95.6 cm³/mol. The lowest BCUT2D eigenvalue weighted by Gasteiger charge is -2.10. The summed E-state index contributed by atoms with van der Waals surface area (Å²) in [5.74, 6) is -0.133. The summed E-state index contributed by atoms with van der Waals surface area (Å²) < 4.78 is 41.7. The third-order valence-electron chi connectivity index (χ3n) is 2.73. The quantitative estimate of drug-likeness (QED) is 0.413. The maximum Gasteiger partial charge on any atom is 0.573 e. The number of hydrogen-bond acceptors (Lipinski definition) is 3. The van der Waals surface area contributed by atoms with Crippen molar-refractivity contribution in [3.8, 4) is 5.75 Å². The van der Waals surface area contributed by atoms with E-state index in [1.165, 1.54) is 24.3 Å². The van der Waals surface area contributed by atoms with Gasteiger partial charge < -0.3 is 15.8 Å². The zero-order valence-corrected chi connectivity index (χ0v) is 15.1. The third-order valence-corrected chi connectivity index (χ3v) is 2.73. The van der Waals surface area contributed by atoms with Gasteiger partial charge in [-0.2, -0.15) is 5.10 Å². The number of rotatable bonds is 5. The zero-order chi connectivity index (χ0) is 16.9. The Balaban J connectivity index is 0.00000288. The third kappa shape index (κ3) is 7.06. The number of halogens is 4. The highest BCUT2D eigenvalue weighted by atomic mass is 127. The molecule has 0 atom stereocenters. The summed E-state index contributed by atoms with van der Waals surface area (Å²) in [6, 6.07) is 5.21. The first-order valence-electron chi connectivity index (χ1n) is 6.74. The van der Waals surface area contributed by atoms with Crippen LogP contribution in [0.5, 0.6) is 5.75 Å². The molecule has 0 bridgehead atoms. The first-order chi connectivity index (χ1) is 10.8. The van der Waals surface area contributed by atoms with Crippen molar-refractivity contribution < 1.29 is 17.9 Å². The van der Waals surface area contributed by atoms with Gasteiger partial charge in [0, 0.05) is 11.9 Å². The molecule has 1 aromatic heterocycles. The molecule has 0 fully saturated rings. The standard InChI is InChI=1S/C14H16F3N5O.HI/c1-10-8-20-22(9-10)7-6-19-13(18)21-11-2-4-12(5-3-11)23-14(15,16)17;/h2-5,8-9H,6-7H2,1H3,(H3,18,19,21);1H. The van der Waals surface area contributed by atoms with Gasteiger partial charge in [-0.05, 0) is 36.8 Å². The number of guanidine groups is 1. The average Bonchev–Trinajstić information content (AvgIpc) is 2.85. The summed E-state index contributed by atoms with van der Waals surface area (Å²) in [5.41, 5.74) is 7.28. The number of anilines is 1. The topological polar surface area (TPSA) is 77.5 Å². The van der Waals surface area contributed by atoms with Crippen LogP contribution in [0.15, 0.2) is 41.7 Å². The smallest absolute Gasteiger partial charge is 0.406 e. The number of alkyl halides is 3. The second-order valence-electron chi connectivity index (χ2n) is 4.74. The Hall–Kier alpha value is -1.98. The van der Waals surface area contributed by atoms with Crippen molar-refractivity contribution in [1.29, 1.82) is 0 Å². The number of nitrogens with two attached hydrogens (primary N) is 1. The van der Waals surface area contributed by atoms with E-state index in [-0.39, 0.29) is 35.7 Å². The molecule has 2 aromatic rings. The lowest BCUT2D eigenvalue weighted by molar-refractivity contribution is -0.274. The van der Waals surface area contributed by atoms with Crippen molar-refractivity contribution in [2.24, 2.45) is 10.7 Å². The van der Waals surface area contributed by atoms with Crippen molar-refractivity contribution in [2.45, 2.75) is 19.8 Å². The highest BCUT2D eigenvalue weighted by molar-refractivity contribution is 14.0. The fourth-order valence-electron chi connectivity index (χ4n) is 1.79. The number of benzene rings is 1.